The molecule has 2 heterocycles. The molecule has 2 aliphatic rings. The van der Waals surface area contributed by atoms with Gasteiger partial charge in [0.15, 0.2) is 0 Å². The highest BCUT2D eigenvalue weighted by Gasteiger charge is 2.39. The van der Waals surface area contributed by atoms with E-state index in [4.69, 9.17) is 15.2 Å². The molecule has 2 fully saturated rings. The highest BCUT2D eigenvalue weighted by atomic mass is 16.5. The minimum absolute atomic E-state index is 0.113. The zero-order valence-corrected chi connectivity index (χ0v) is 7.41. The number of amides is 1. The Bertz CT molecular complexity index is 209. The van der Waals surface area contributed by atoms with Crippen LogP contribution in [-0.2, 0) is 14.3 Å². The van der Waals surface area contributed by atoms with Crippen LogP contribution in [0, 0.1) is 0 Å². The molecule has 1 unspecified atom stereocenters. The molecule has 0 spiro atoms. The van der Waals surface area contributed by atoms with Gasteiger partial charge in [-0.25, -0.2) is 0 Å². The standard InChI is InChI=1S/C8H14N2O3/c9-8(1-2-12-5-8)7(11)10-6-3-13-4-6/h6H,1-5,9H2,(H,10,11). The summed E-state index contributed by atoms with van der Waals surface area (Å²) in [5.41, 5.74) is 5.04. The van der Waals surface area contributed by atoms with Gasteiger partial charge in [-0.3, -0.25) is 4.79 Å². The zero-order chi connectivity index (χ0) is 9.31. The smallest absolute Gasteiger partial charge is 0.242 e. The second-order valence-corrected chi connectivity index (χ2v) is 3.67. The van der Waals surface area contributed by atoms with Crippen LogP contribution in [0.5, 0.6) is 0 Å². The summed E-state index contributed by atoms with van der Waals surface area (Å²) in [6.07, 6.45) is 0.604. The van der Waals surface area contributed by atoms with Crippen molar-refractivity contribution in [2.24, 2.45) is 5.73 Å². The van der Waals surface area contributed by atoms with Crippen molar-refractivity contribution < 1.29 is 14.3 Å². The van der Waals surface area contributed by atoms with Gasteiger partial charge in [-0.15, -0.1) is 0 Å². The Balaban J connectivity index is 1.87. The molecule has 5 nitrogen and oxygen atoms in total. The molecule has 0 aromatic rings. The average molecular weight is 186 g/mol. The van der Waals surface area contributed by atoms with E-state index in [-0.39, 0.29) is 11.9 Å². The Hall–Kier alpha value is -0.650. The summed E-state index contributed by atoms with van der Waals surface area (Å²) in [6, 6.07) is 0.147. The number of hydrogen-bond donors (Lipinski definition) is 2. The third kappa shape index (κ3) is 1.67. The van der Waals surface area contributed by atoms with Crippen molar-refractivity contribution in [1.29, 1.82) is 0 Å². The Morgan fingerprint density at radius 1 is 1.46 bits per heavy atom. The van der Waals surface area contributed by atoms with Crippen LogP contribution in [0.2, 0.25) is 0 Å². The molecule has 2 aliphatic heterocycles. The van der Waals surface area contributed by atoms with Gasteiger partial charge < -0.3 is 20.5 Å². The van der Waals surface area contributed by atoms with Crippen LogP contribution in [0.3, 0.4) is 0 Å². The number of nitrogens with one attached hydrogen (secondary N) is 1. The molecular weight excluding hydrogens is 172 g/mol. The fourth-order valence-electron chi connectivity index (χ4n) is 1.41. The lowest BCUT2D eigenvalue weighted by Gasteiger charge is -2.30. The summed E-state index contributed by atoms with van der Waals surface area (Å²) in [5.74, 6) is -0.113. The Labute approximate surface area is 76.6 Å². The van der Waals surface area contributed by atoms with Gasteiger partial charge in [0.25, 0.3) is 0 Å². The molecule has 74 valence electrons. The van der Waals surface area contributed by atoms with Gasteiger partial charge in [-0.1, -0.05) is 0 Å². The van der Waals surface area contributed by atoms with E-state index >= 15 is 0 Å². The molecule has 5 heteroatoms. The second-order valence-electron chi connectivity index (χ2n) is 3.67. The van der Waals surface area contributed by atoms with Crippen LogP contribution >= 0.6 is 0 Å². The molecule has 1 amide bonds. The fraction of sp³-hybridized carbons (Fsp3) is 0.875. The predicted molar refractivity (Wildman–Crippen MR) is 45.1 cm³/mol. The maximum Gasteiger partial charge on any atom is 0.242 e. The van der Waals surface area contributed by atoms with E-state index in [0.717, 1.165) is 0 Å². The molecule has 0 aromatic carbocycles. The predicted octanol–water partition coefficient (Wildman–Crippen LogP) is -1.38. The van der Waals surface area contributed by atoms with E-state index in [1.807, 2.05) is 0 Å². The van der Waals surface area contributed by atoms with Crippen LogP contribution in [0.15, 0.2) is 0 Å². The van der Waals surface area contributed by atoms with Crippen LogP contribution in [-0.4, -0.2) is 43.9 Å². The SMILES string of the molecule is NC1(C(=O)NC2COC2)CCOC1. The first-order valence-electron chi connectivity index (χ1n) is 4.46. The molecule has 2 rings (SSSR count). The van der Waals surface area contributed by atoms with E-state index in [1.165, 1.54) is 0 Å². The fourth-order valence-corrected chi connectivity index (χ4v) is 1.41. The number of ether oxygens (including phenoxy) is 2. The summed E-state index contributed by atoms with van der Waals surface area (Å²) in [5, 5.41) is 2.83. The molecule has 1 atom stereocenters. The van der Waals surface area contributed by atoms with E-state index in [0.29, 0.717) is 32.8 Å². The van der Waals surface area contributed by atoms with E-state index < -0.39 is 5.54 Å². The minimum Gasteiger partial charge on any atom is -0.379 e. The lowest BCUT2D eigenvalue weighted by atomic mass is 9.98. The first-order valence-corrected chi connectivity index (χ1v) is 4.46. The number of carbonyl (C=O) groups is 1. The van der Waals surface area contributed by atoms with Crippen LogP contribution in [0.1, 0.15) is 6.42 Å². The van der Waals surface area contributed by atoms with Crippen LogP contribution in [0.25, 0.3) is 0 Å². The second kappa shape index (κ2) is 3.25. The Morgan fingerprint density at radius 3 is 2.69 bits per heavy atom. The molecule has 3 N–H and O–H groups in total. The maximum atomic E-state index is 11.6. The van der Waals surface area contributed by atoms with Crippen molar-refractivity contribution >= 4 is 5.91 Å². The van der Waals surface area contributed by atoms with Gasteiger partial charge in [-0.05, 0) is 6.42 Å². The lowest BCUT2D eigenvalue weighted by Crippen LogP contribution is -2.60. The van der Waals surface area contributed by atoms with Crippen LogP contribution < -0.4 is 11.1 Å². The summed E-state index contributed by atoms with van der Waals surface area (Å²) < 4.78 is 10.0. The molecule has 0 saturated carbocycles. The Kier molecular flexibility index (Phi) is 2.23. The molecule has 13 heavy (non-hydrogen) atoms. The van der Waals surface area contributed by atoms with Gasteiger partial charge in [0.2, 0.25) is 5.91 Å². The van der Waals surface area contributed by atoms with Crippen LogP contribution in [0.4, 0.5) is 0 Å². The first kappa shape index (κ1) is 8.93. The molecule has 2 saturated heterocycles. The van der Waals surface area contributed by atoms with Crippen molar-refractivity contribution in [2.75, 3.05) is 26.4 Å². The van der Waals surface area contributed by atoms with Gasteiger partial charge in [0.05, 0.1) is 25.9 Å². The molecule has 0 aliphatic carbocycles. The quantitative estimate of drug-likeness (QED) is 0.557. The topological polar surface area (TPSA) is 73.6 Å². The number of carbonyl (C=O) groups excluding carboxylic acids is 1. The monoisotopic (exact) mass is 186 g/mol. The molecule has 0 aromatic heterocycles. The third-order valence-electron chi connectivity index (χ3n) is 2.48. The van der Waals surface area contributed by atoms with Gasteiger partial charge >= 0.3 is 0 Å². The van der Waals surface area contributed by atoms with Crippen molar-refractivity contribution in [3.05, 3.63) is 0 Å². The largest absolute Gasteiger partial charge is 0.379 e. The van der Waals surface area contributed by atoms with Gasteiger partial charge in [-0.2, -0.15) is 0 Å². The van der Waals surface area contributed by atoms with E-state index in [9.17, 15) is 4.79 Å². The van der Waals surface area contributed by atoms with Gasteiger partial charge in [0, 0.05) is 6.61 Å². The zero-order valence-electron chi connectivity index (χ0n) is 7.41. The number of nitrogens with two attached hydrogens (primary N) is 1. The lowest BCUT2D eigenvalue weighted by molar-refractivity contribution is -0.130. The van der Waals surface area contributed by atoms with E-state index in [1.54, 1.807) is 0 Å². The normalized spacial score (nSPS) is 34.2. The number of rotatable bonds is 2. The van der Waals surface area contributed by atoms with Crippen molar-refractivity contribution in [3.8, 4) is 0 Å². The van der Waals surface area contributed by atoms with E-state index in [2.05, 4.69) is 5.32 Å². The molecule has 0 radical (unpaired) electrons. The first-order chi connectivity index (χ1) is 6.21. The summed E-state index contributed by atoms with van der Waals surface area (Å²) in [6.45, 7) is 2.10. The van der Waals surface area contributed by atoms with Crippen molar-refractivity contribution in [2.45, 2.75) is 18.0 Å². The average Bonchev–Trinajstić information content (AvgIpc) is 2.45. The Morgan fingerprint density at radius 2 is 2.23 bits per heavy atom. The van der Waals surface area contributed by atoms with Gasteiger partial charge in [0.1, 0.15) is 5.54 Å². The minimum atomic E-state index is -0.810. The number of hydrogen-bond acceptors (Lipinski definition) is 4. The molecular formula is C8H14N2O3. The highest BCUT2D eigenvalue weighted by molar-refractivity contribution is 5.86. The highest BCUT2D eigenvalue weighted by Crippen LogP contribution is 2.16. The maximum absolute atomic E-state index is 11.6. The van der Waals surface area contributed by atoms with Crippen molar-refractivity contribution in [1.82, 2.24) is 5.32 Å². The summed E-state index contributed by atoms with van der Waals surface area (Å²) in [7, 11) is 0. The summed E-state index contributed by atoms with van der Waals surface area (Å²) >= 11 is 0. The molecule has 0 bridgehead atoms. The van der Waals surface area contributed by atoms with Crippen molar-refractivity contribution in [3.63, 3.8) is 0 Å². The summed E-state index contributed by atoms with van der Waals surface area (Å²) in [4.78, 5) is 11.6. The third-order valence-corrected chi connectivity index (χ3v) is 2.48.